The molecule has 1 aromatic carbocycles. The number of halogens is 3. The molecule has 1 aromatic heterocycles. The molecule has 0 radical (unpaired) electrons. The number of carbonyl (C=O) groups excluding carboxylic acids is 1. The first-order valence-electron chi connectivity index (χ1n) is 6.11. The average Bonchev–Trinajstić information content (AvgIpc) is 2.91. The highest BCUT2D eigenvalue weighted by molar-refractivity contribution is 5.99. The molecule has 0 aliphatic heterocycles. The van der Waals surface area contributed by atoms with Gasteiger partial charge in [0.15, 0.2) is 0 Å². The summed E-state index contributed by atoms with van der Waals surface area (Å²) in [5.41, 5.74) is 4.45. The van der Waals surface area contributed by atoms with E-state index in [1.807, 2.05) is 0 Å². The lowest BCUT2D eigenvalue weighted by molar-refractivity contribution is -0.137. The van der Waals surface area contributed by atoms with Crippen LogP contribution >= 0.6 is 0 Å². The molecule has 0 atom stereocenters. The van der Waals surface area contributed by atoms with E-state index in [1.54, 1.807) is 12.4 Å². The summed E-state index contributed by atoms with van der Waals surface area (Å²) >= 11 is 0. The van der Waals surface area contributed by atoms with Crippen molar-refractivity contribution in [1.82, 2.24) is 15.3 Å². The van der Waals surface area contributed by atoms with E-state index < -0.39 is 17.6 Å². The van der Waals surface area contributed by atoms with Gasteiger partial charge in [0.1, 0.15) is 5.82 Å². The fourth-order valence-electron chi connectivity index (χ4n) is 1.75. The number of carbonyl (C=O) groups is 1. The molecule has 0 unspecified atom stereocenters. The number of hydrogen-bond donors (Lipinski definition) is 3. The number of nitrogen functional groups attached to an aromatic ring is 1. The summed E-state index contributed by atoms with van der Waals surface area (Å²) < 4.78 is 37.8. The number of benzene rings is 1. The molecule has 0 aliphatic carbocycles. The van der Waals surface area contributed by atoms with Crippen LogP contribution in [0.1, 0.15) is 21.7 Å². The number of nitrogens with one attached hydrogen (secondary N) is 2. The normalized spacial score (nSPS) is 11.4. The third-order valence-electron chi connectivity index (χ3n) is 2.83. The predicted molar refractivity (Wildman–Crippen MR) is 70.5 cm³/mol. The molecule has 2 aromatic rings. The van der Waals surface area contributed by atoms with Crippen molar-refractivity contribution >= 4 is 11.6 Å². The van der Waals surface area contributed by atoms with Gasteiger partial charge in [0, 0.05) is 31.0 Å². The van der Waals surface area contributed by atoms with Crippen molar-refractivity contribution in [1.29, 1.82) is 0 Å². The summed E-state index contributed by atoms with van der Waals surface area (Å²) in [6.07, 6.45) is -0.863. The molecule has 0 fully saturated rings. The van der Waals surface area contributed by atoms with Crippen molar-refractivity contribution in [2.75, 3.05) is 12.3 Å². The van der Waals surface area contributed by atoms with Crippen molar-refractivity contribution < 1.29 is 18.0 Å². The van der Waals surface area contributed by atoms with Crippen LogP contribution in [-0.2, 0) is 12.6 Å². The number of aromatic nitrogens is 2. The molecule has 1 amide bonds. The summed E-state index contributed by atoms with van der Waals surface area (Å²) in [5, 5.41) is 2.51. The van der Waals surface area contributed by atoms with Gasteiger partial charge in [-0.1, -0.05) is 0 Å². The summed E-state index contributed by atoms with van der Waals surface area (Å²) in [6, 6.07) is 2.66. The minimum absolute atomic E-state index is 0.00139. The number of rotatable bonds is 4. The second kappa shape index (κ2) is 5.86. The molecule has 0 spiro atoms. The van der Waals surface area contributed by atoms with Crippen molar-refractivity contribution in [3.8, 4) is 0 Å². The van der Waals surface area contributed by atoms with Gasteiger partial charge in [0.2, 0.25) is 0 Å². The maximum Gasteiger partial charge on any atom is 0.416 e. The Morgan fingerprint density at radius 3 is 2.76 bits per heavy atom. The SMILES string of the molecule is Nc1ccc(C(F)(F)F)cc1C(=O)NCCc1ncc[nH]1. The van der Waals surface area contributed by atoms with Crippen LogP contribution in [0.4, 0.5) is 18.9 Å². The fourth-order valence-corrected chi connectivity index (χ4v) is 1.75. The minimum atomic E-state index is -4.52. The minimum Gasteiger partial charge on any atom is -0.398 e. The zero-order valence-electron chi connectivity index (χ0n) is 10.9. The highest BCUT2D eigenvalue weighted by Crippen LogP contribution is 2.31. The Morgan fingerprint density at radius 2 is 2.14 bits per heavy atom. The first-order chi connectivity index (χ1) is 9.88. The fraction of sp³-hybridized carbons (Fsp3) is 0.231. The van der Waals surface area contributed by atoms with E-state index in [4.69, 9.17) is 5.73 Å². The zero-order chi connectivity index (χ0) is 15.5. The summed E-state index contributed by atoms with van der Waals surface area (Å²) in [6.45, 7) is 0.238. The van der Waals surface area contributed by atoms with Gasteiger partial charge in [-0.25, -0.2) is 4.98 Å². The first-order valence-corrected chi connectivity index (χ1v) is 6.11. The molecule has 21 heavy (non-hydrogen) atoms. The number of alkyl halides is 3. The highest BCUT2D eigenvalue weighted by atomic mass is 19.4. The average molecular weight is 298 g/mol. The summed E-state index contributed by atoms with van der Waals surface area (Å²) in [4.78, 5) is 18.7. The predicted octanol–water partition coefficient (Wildman–Crippen LogP) is 1.98. The van der Waals surface area contributed by atoms with E-state index in [0.29, 0.717) is 12.2 Å². The second-order valence-corrected chi connectivity index (χ2v) is 4.34. The third kappa shape index (κ3) is 3.74. The van der Waals surface area contributed by atoms with E-state index in [2.05, 4.69) is 15.3 Å². The van der Waals surface area contributed by atoms with Gasteiger partial charge < -0.3 is 16.0 Å². The Bertz CT molecular complexity index is 623. The van der Waals surface area contributed by atoms with Gasteiger partial charge in [-0.05, 0) is 18.2 Å². The molecule has 0 aliphatic rings. The second-order valence-electron chi connectivity index (χ2n) is 4.34. The van der Waals surface area contributed by atoms with E-state index in [9.17, 15) is 18.0 Å². The zero-order valence-corrected chi connectivity index (χ0v) is 10.9. The molecule has 2 rings (SSSR count). The lowest BCUT2D eigenvalue weighted by atomic mass is 10.1. The summed E-state index contributed by atoms with van der Waals surface area (Å²) in [5.74, 6) is 0.0254. The van der Waals surface area contributed by atoms with Gasteiger partial charge in [-0.2, -0.15) is 13.2 Å². The maximum atomic E-state index is 12.6. The third-order valence-corrected chi connectivity index (χ3v) is 2.83. The molecule has 0 saturated heterocycles. The van der Waals surface area contributed by atoms with Crippen molar-refractivity contribution in [3.63, 3.8) is 0 Å². The van der Waals surface area contributed by atoms with Crippen molar-refractivity contribution in [2.24, 2.45) is 0 Å². The van der Waals surface area contributed by atoms with Crippen LogP contribution in [-0.4, -0.2) is 22.4 Å². The van der Waals surface area contributed by atoms with Crippen LogP contribution in [0.3, 0.4) is 0 Å². The van der Waals surface area contributed by atoms with Gasteiger partial charge in [-0.15, -0.1) is 0 Å². The quantitative estimate of drug-likeness (QED) is 0.755. The van der Waals surface area contributed by atoms with Crippen LogP contribution < -0.4 is 11.1 Å². The van der Waals surface area contributed by atoms with Gasteiger partial charge in [0.25, 0.3) is 5.91 Å². The molecule has 4 N–H and O–H groups in total. The largest absolute Gasteiger partial charge is 0.416 e. The standard InChI is InChI=1S/C13H13F3N4O/c14-13(15,16)8-1-2-10(17)9(7-8)12(21)20-4-3-11-18-5-6-19-11/h1-2,5-7H,3-4,17H2,(H,18,19)(H,20,21). The number of imidazole rings is 1. The molecular weight excluding hydrogens is 285 g/mol. The number of nitrogens with two attached hydrogens (primary N) is 1. The maximum absolute atomic E-state index is 12.6. The molecule has 0 saturated carbocycles. The topological polar surface area (TPSA) is 83.8 Å². The Hall–Kier alpha value is -2.51. The number of amides is 1. The molecular formula is C13H13F3N4O. The lowest BCUT2D eigenvalue weighted by Crippen LogP contribution is -2.27. The molecule has 8 heteroatoms. The van der Waals surface area contributed by atoms with Crippen LogP contribution in [0.25, 0.3) is 0 Å². The Labute approximate surface area is 118 Å². The van der Waals surface area contributed by atoms with Crippen LogP contribution in [0.2, 0.25) is 0 Å². The van der Waals surface area contributed by atoms with E-state index in [0.717, 1.165) is 18.2 Å². The van der Waals surface area contributed by atoms with Crippen molar-refractivity contribution in [3.05, 3.63) is 47.5 Å². The molecule has 0 bridgehead atoms. The number of nitrogens with zero attached hydrogens (tertiary/aromatic N) is 1. The highest BCUT2D eigenvalue weighted by Gasteiger charge is 2.31. The Balaban J connectivity index is 2.04. The molecule has 5 nitrogen and oxygen atoms in total. The smallest absolute Gasteiger partial charge is 0.398 e. The van der Waals surface area contributed by atoms with Crippen molar-refractivity contribution in [2.45, 2.75) is 12.6 Å². The number of hydrogen-bond acceptors (Lipinski definition) is 3. The Morgan fingerprint density at radius 1 is 1.38 bits per heavy atom. The molecule has 112 valence electrons. The van der Waals surface area contributed by atoms with E-state index in [1.165, 1.54) is 0 Å². The van der Waals surface area contributed by atoms with Gasteiger partial charge >= 0.3 is 6.18 Å². The van der Waals surface area contributed by atoms with E-state index in [-0.39, 0.29) is 17.8 Å². The Kier molecular flexibility index (Phi) is 4.15. The van der Waals surface area contributed by atoms with Crippen LogP contribution in [0, 0.1) is 0 Å². The first kappa shape index (κ1) is 14.9. The van der Waals surface area contributed by atoms with Gasteiger partial charge in [-0.3, -0.25) is 4.79 Å². The monoisotopic (exact) mass is 298 g/mol. The number of H-pyrrole nitrogens is 1. The van der Waals surface area contributed by atoms with Crippen LogP contribution in [0.15, 0.2) is 30.6 Å². The van der Waals surface area contributed by atoms with Gasteiger partial charge in [0.05, 0.1) is 11.1 Å². The number of aromatic amines is 1. The lowest BCUT2D eigenvalue weighted by Gasteiger charge is -2.11. The molecule has 1 heterocycles. The number of anilines is 1. The van der Waals surface area contributed by atoms with Crippen LogP contribution in [0.5, 0.6) is 0 Å². The summed E-state index contributed by atoms with van der Waals surface area (Å²) in [7, 11) is 0. The van der Waals surface area contributed by atoms with E-state index >= 15 is 0 Å².